The summed E-state index contributed by atoms with van der Waals surface area (Å²) in [6.45, 7) is 13.3. The zero-order valence-corrected chi connectivity index (χ0v) is 24.8. The molecule has 1 aromatic heterocycles. The van der Waals surface area contributed by atoms with Gasteiger partial charge >= 0.3 is 0 Å². The van der Waals surface area contributed by atoms with Crippen molar-refractivity contribution in [3.8, 4) is 11.1 Å². The van der Waals surface area contributed by atoms with Crippen LogP contribution in [0.25, 0.3) is 11.1 Å². The normalized spacial score (nSPS) is 19.7. The molecule has 218 valence electrons. The summed E-state index contributed by atoms with van der Waals surface area (Å²) in [4.78, 5) is 31.5. The molecule has 2 atom stereocenters. The number of aromatic nitrogens is 1. The van der Waals surface area contributed by atoms with Gasteiger partial charge in [-0.15, -0.1) is 0 Å². The number of pyridine rings is 1. The predicted molar refractivity (Wildman–Crippen MR) is 162 cm³/mol. The number of amides is 1. The van der Waals surface area contributed by atoms with Crippen LogP contribution >= 0.6 is 0 Å². The summed E-state index contributed by atoms with van der Waals surface area (Å²) in [6.07, 6.45) is 3.12. The third-order valence-corrected chi connectivity index (χ3v) is 8.67. The Kier molecular flexibility index (Phi) is 9.38. The summed E-state index contributed by atoms with van der Waals surface area (Å²) in [5, 5.41) is 3.04. The van der Waals surface area contributed by atoms with Crippen LogP contribution < -0.4 is 10.9 Å². The molecule has 0 bridgehead atoms. The number of aryl methyl sites for hydroxylation is 2. The summed E-state index contributed by atoms with van der Waals surface area (Å²) >= 11 is 0. The number of rotatable bonds is 8. The summed E-state index contributed by atoms with van der Waals surface area (Å²) in [5.74, 6) is 0.177. The number of aromatic amines is 1. The van der Waals surface area contributed by atoms with E-state index in [-0.39, 0.29) is 24.1 Å². The van der Waals surface area contributed by atoms with Crippen LogP contribution in [0.3, 0.4) is 0 Å². The molecular weight excluding hydrogens is 514 g/mol. The highest BCUT2D eigenvalue weighted by molar-refractivity contribution is 5.97. The van der Waals surface area contributed by atoms with Crippen LogP contribution in [0.15, 0.2) is 47.3 Å². The van der Waals surface area contributed by atoms with E-state index in [0.717, 1.165) is 86.7 Å². The highest BCUT2D eigenvalue weighted by Crippen LogP contribution is 2.37. The van der Waals surface area contributed by atoms with Crippen LogP contribution in [-0.2, 0) is 22.6 Å². The number of H-pyrrole nitrogens is 1. The largest absolute Gasteiger partial charge is 0.379 e. The number of carbonyl (C=O) groups is 1. The number of carbonyl (C=O) groups excluding carboxylic acids is 1. The molecule has 0 saturated carbocycles. The molecule has 0 aliphatic carbocycles. The van der Waals surface area contributed by atoms with Crippen molar-refractivity contribution < 1.29 is 14.3 Å². The second-order valence-electron chi connectivity index (χ2n) is 11.6. The molecule has 2 fully saturated rings. The van der Waals surface area contributed by atoms with Crippen molar-refractivity contribution >= 4 is 5.91 Å². The van der Waals surface area contributed by atoms with E-state index >= 15 is 0 Å². The van der Waals surface area contributed by atoms with Crippen LogP contribution in [0.2, 0.25) is 0 Å². The number of nitrogens with zero attached hydrogens (tertiary/aromatic N) is 1. The molecule has 3 aromatic rings. The third kappa shape index (κ3) is 6.97. The summed E-state index contributed by atoms with van der Waals surface area (Å²) in [5.41, 5.74) is 8.42. The van der Waals surface area contributed by atoms with Crippen molar-refractivity contribution in [3.63, 3.8) is 0 Å². The van der Waals surface area contributed by atoms with Gasteiger partial charge in [0.15, 0.2) is 0 Å². The van der Waals surface area contributed by atoms with E-state index in [1.807, 2.05) is 26.0 Å². The van der Waals surface area contributed by atoms with E-state index in [9.17, 15) is 9.59 Å². The number of benzene rings is 2. The Morgan fingerprint density at radius 1 is 1.02 bits per heavy atom. The molecule has 5 rings (SSSR count). The molecule has 1 amide bonds. The van der Waals surface area contributed by atoms with Crippen molar-refractivity contribution in [2.75, 3.05) is 32.9 Å². The lowest BCUT2D eigenvalue weighted by atomic mass is 9.82. The van der Waals surface area contributed by atoms with E-state index in [0.29, 0.717) is 17.0 Å². The van der Waals surface area contributed by atoms with E-state index in [1.54, 1.807) is 0 Å². The van der Waals surface area contributed by atoms with Gasteiger partial charge in [-0.2, -0.15) is 0 Å². The number of morpholine rings is 1. The number of ether oxygens (including phenoxy) is 2. The third-order valence-electron chi connectivity index (χ3n) is 8.67. The Morgan fingerprint density at radius 3 is 2.49 bits per heavy atom. The molecule has 7 nitrogen and oxygen atoms in total. The Labute approximate surface area is 243 Å². The van der Waals surface area contributed by atoms with Gasteiger partial charge in [0.2, 0.25) is 0 Å². The fourth-order valence-corrected chi connectivity index (χ4v) is 6.20. The van der Waals surface area contributed by atoms with Crippen LogP contribution in [0.5, 0.6) is 0 Å². The maximum Gasteiger partial charge on any atom is 0.253 e. The van der Waals surface area contributed by atoms with Crippen molar-refractivity contribution in [1.29, 1.82) is 0 Å². The topological polar surface area (TPSA) is 83.7 Å². The molecule has 0 spiro atoms. The van der Waals surface area contributed by atoms with Crippen LogP contribution in [0.4, 0.5) is 0 Å². The Hall–Kier alpha value is -3.26. The minimum absolute atomic E-state index is 0.154. The summed E-state index contributed by atoms with van der Waals surface area (Å²) < 4.78 is 11.5. The van der Waals surface area contributed by atoms with E-state index in [2.05, 4.69) is 59.4 Å². The molecule has 2 saturated heterocycles. The summed E-state index contributed by atoms with van der Waals surface area (Å²) in [7, 11) is 0. The molecule has 3 heterocycles. The maximum absolute atomic E-state index is 13.7. The molecule has 41 heavy (non-hydrogen) atoms. The van der Waals surface area contributed by atoms with Gasteiger partial charge in [-0.1, -0.05) is 37.3 Å². The monoisotopic (exact) mass is 557 g/mol. The first-order valence-corrected chi connectivity index (χ1v) is 15.0. The minimum atomic E-state index is -0.159. The van der Waals surface area contributed by atoms with E-state index in [1.165, 1.54) is 11.1 Å². The van der Waals surface area contributed by atoms with Gasteiger partial charge in [0.05, 0.1) is 19.3 Å². The highest BCUT2D eigenvalue weighted by atomic mass is 16.5. The average molecular weight is 558 g/mol. The van der Waals surface area contributed by atoms with E-state index in [4.69, 9.17) is 9.47 Å². The predicted octanol–water partition coefficient (Wildman–Crippen LogP) is 5.40. The van der Waals surface area contributed by atoms with Crippen molar-refractivity contribution in [2.45, 2.75) is 72.1 Å². The van der Waals surface area contributed by atoms with Crippen LogP contribution in [0.1, 0.15) is 76.0 Å². The van der Waals surface area contributed by atoms with Gasteiger partial charge in [0, 0.05) is 49.6 Å². The van der Waals surface area contributed by atoms with Gasteiger partial charge in [0.1, 0.15) is 0 Å². The molecule has 2 aliphatic heterocycles. The molecule has 2 aromatic carbocycles. The lowest BCUT2D eigenvalue weighted by molar-refractivity contribution is 0.00477. The second-order valence-corrected chi connectivity index (χ2v) is 11.6. The number of hydrogen-bond donors (Lipinski definition) is 2. The standard InChI is InChI=1S/C34H43N3O4/c1-5-29-17-27(10-13-41-29)30-18-28(26-8-6-25(7-9-26)21-37-11-14-40-15-12-37)19-31(24(30)4)33(38)35-20-32-22(2)16-23(3)36-34(32)39/h6-9,16,18-19,27,29H,5,10-15,17,20-21H2,1-4H3,(H,35,38)(H,36,39). The van der Waals surface area contributed by atoms with Gasteiger partial charge in [-0.3, -0.25) is 14.5 Å². The van der Waals surface area contributed by atoms with Crippen molar-refractivity contribution in [2.24, 2.45) is 0 Å². The highest BCUT2D eigenvalue weighted by Gasteiger charge is 2.26. The first-order chi connectivity index (χ1) is 19.8. The zero-order valence-electron chi connectivity index (χ0n) is 24.8. The van der Waals surface area contributed by atoms with Gasteiger partial charge < -0.3 is 19.8 Å². The minimum Gasteiger partial charge on any atom is -0.379 e. The molecule has 2 unspecified atom stereocenters. The molecular formula is C34H43N3O4. The van der Waals surface area contributed by atoms with Crippen LogP contribution in [-0.4, -0.2) is 54.8 Å². The Balaban J connectivity index is 1.44. The van der Waals surface area contributed by atoms with Gasteiger partial charge in [0.25, 0.3) is 11.5 Å². The quantitative estimate of drug-likeness (QED) is 0.387. The van der Waals surface area contributed by atoms with Gasteiger partial charge in [-0.05, 0) is 91.5 Å². The van der Waals surface area contributed by atoms with Crippen molar-refractivity contribution in [3.05, 3.63) is 91.9 Å². The van der Waals surface area contributed by atoms with Crippen LogP contribution in [0, 0.1) is 20.8 Å². The lowest BCUT2D eigenvalue weighted by Crippen LogP contribution is -2.35. The molecule has 0 radical (unpaired) electrons. The maximum atomic E-state index is 13.7. The van der Waals surface area contributed by atoms with Gasteiger partial charge in [-0.25, -0.2) is 0 Å². The number of nitrogens with one attached hydrogen (secondary N) is 2. The fraction of sp³-hybridized carbons (Fsp3) is 0.471. The molecule has 2 aliphatic rings. The lowest BCUT2D eigenvalue weighted by Gasteiger charge is -2.31. The smallest absolute Gasteiger partial charge is 0.253 e. The Morgan fingerprint density at radius 2 is 1.78 bits per heavy atom. The summed E-state index contributed by atoms with van der Waals surface area (Å²) in [6, 6.07) is 14.9. The first-order valence-electron chi connectivity index (χ1n) is 15.0. The SMILES string of the molecule is CCC1CC(c2cc(-c3ccc(CN4CCOCC4)cc3)cc(C(=O)NCc3c(C)cc(C)[nH]c3=O)c2C)CCO1. The number of hydrogen-bond acceptors (Lipinski definition) is 5. The zero-order chi connectivity index (χ0) is 28.9. The van der Waals surface area contributed by atoms with Crippen molar-refractivity contribution in [1.82, 2.24) is 15.2 Å². The molecule has 2 N–H and O–H groups in total. The second kappa shape index (κ2) is 13.1. The average Bonchev–Trinajstić information content (AvgIpc) is 2.97. The first kappa shape index (κ1) is 29.2. The fourth-order valence-electron chi connectivity index (χ4n) is 6.20. The van der Waals surface area contributed by atoms with E-state index < -0.39 is 0 Å². The Bertz CT molecular complexity index is 1420. The molecule has 7 heteroatoms.